The first kappa shape index (κ1) is 27.7. The molecule has 0 bridgehead atoms. The summed E-state index contributed by atoms with van der Waals surface area (Å²) in [6, 6.07) is 39.5. The third-order valence-electron chi connectivity index (χ3n) is 7.11. The van der Waals surface area contributed by atoms with Gasteiger partial charge in [-0.1, -0.05) is 103 Å². The molecule has 0 aliphatic carbocycles. The number of hydrogen-bond acceptors (Lipinski definition) is 3. The second kappa shape index (κ2) is 13.0. The van der Waals surface area contributed by atoms with E-state index in [0.29, 0.717) is 6.42 Å². The van der Waals surface area contributed by atoms with Crippen LogP contribution in [0.2, 0.25) is 0 Å². The molecular weight excluding hydrogens is 502 g/mol. The van der Waals surface area contributed by atoms with Crippen molar-refractivity contribution in [3.8, 4) is 11.5 Å². The van der Waals surface area contributed by atoms with Crippen molar-refractivity contribution in [2.75, 3.05) is 14.2 Å². The smallest absolute Gasteiger partial charge is 0.130 e. The summed E-state index contributed by atoms with van der Waals surface area (Å²) in [5.74, 6) is 5.11. The van der Waals surface area contributed by atoms with Gasteiger partial charge in [-0.25, -0.2) is 4.99 Å². The van der Waals surface area contributed by atoms with Crippen LogP contribution in [0.4, 0.5) is 5.69 Å². The molecule has 0 aliphatic heterocycles. The lowest BCUT2D eigenvalue weighted by Crippen LogP contribution is -2.04. The lowest BCUT2D eigenvalue weighted by Gasteiger charge is -2.19. The molecule has 0 amide bonds. The van der Waals surface area contributed by atoms with Gasteiger partial charge in [0.2, 0.25) is 0 Å². The quantitative estimate of drug-likeness (QED) is 0.176. The van der Waals surface area contributed by atoms with Gasteiger partial charge >= 0.3 is 0 Å². The Morgan fingerprint density at radius 2 is 1.12 bits per heavy atom. The molecule has 0 saturated carbocycles. The summed E-state index contributed by atoms with van der Waals surface area (Å²) in [7, 11) is 3.50. The van der Waals surface area contributed by atoms with Crippen molar-refractivity contribution in [2.45, 2.75) is 26.7 Å². The van der Waals surface area contributed by atoms with E-state index < -0.39 is 0 Å². The van der Waals surface area contributed by atoms with Gasteiger partial charge in [-0.15, -0.1) is 0 Å². The third kappa shape index (κ3) is 6.66. The molecule has 0 aliphatic rings. The maximum absolute atomic E-state index is 6.14. The van der Waals surface area contributed by atoms with E-state index in [2.05, 4.69) is 80.4 Å². The zero-order valence-electron chi connectivity index (χ0n) is 24.1. The Morgan fingerprint density at radius 3 is 1.73 bits per heavy atom. The van der Waals surface area contributed by atoms with Gasteiger partial charge < -0.3 is 9.47 Å². The topological polar surface area (TPSA) is 30.8 Å². The molecule has 0 radical (unpaired) electrons. The van der Waals surface area contributed by atoms with Crippen LogP contribution in [0.1, 0.15) is 44.5 Å². The van der Waals surface area contributed by atoms with Crippen LogP contribution < -0.4 is 9.47 Å². The molecule has 3 heteroatoms. The Balaban J connectivity index is 1.63. The molecule has 41 heavy (non-hydrogen) atoms. The normalized spacial score (nSPS) is 10.5. The van der Waals surface area contributed by atoms with Crippen molar-refractivity contribution in [1.82, 2.24) is 0 Å². The van der Waals surface area contributed by atoms with Gasteiger partial charge in [0.25, 0.3) is 0 Å². The monoisotopic (exact) mass is 537 g/mol. The molecule has 0 atom stereocenters. The van der Waals surface area contributed by atoms with Crippen molar-refractivity contribution in [3.63, 3.8) is 0 Å². The largest absolute Gasteiger partial charge is 0.496 e. The number of para-hydroxylation sites is 1. The lowest BCUT2D eigenvalue weighted by molar-refractivity contribution is 0.402. The van der Waals surface area contributed by atoms with Crippen LogP contribution in [0.15, 0.2) is 120 Å². The summed E-state index contributed by atoms with van der Waals surface area (Å²) in [5.41, 5.74) is 10.7. The predicted octanol–water partition coefficient (Wildman–Crippen LogP) is 8.94. The Bertz CT molecular complexity index is 1680. The lowest BCUT2D eigenvalue weighted by atomic mass is 9.90. The van der Waals surface area contributed by atoms with Crippen LogP contribution in [-0.4, -0.2) is 20.1 Å². The maximum atomic E-state index is 6.14. The highest BCUT2D eigenvalue weighted by atomic mass is 16.5. The molecule has 0 fully saturated rings. The van der Waals surface area contributed by atoms with Crippen LogP contribution in [0.5, 0.6) is 11.5 Å². The Kier molecular flexibility index (Phi) is 8.79. The molecule has 0 N–H and O–H groups in total. The number of nitrogens with zero attached hydrogens (tertiary/aromatic N) is 1. The van der Waals surface area contributed by atoms with Gasteiger partial charge in [0.1, 0.15) is 11.5 Å². The zero-order valence-corrected chi connectivity index (χ0v) is 24.1. The van der Waals surface area contributed by atoms with Gasteiger partial charge in [0, 0.05) is 18.4 Å². The average molecular weight is 538 g/mol. The number of hydrogen-bond donors (Lipinski definition) is 0. The molecule has 204 valence electrons. The second-order valence-electron chi connectivity index (χ2n) is 10.3. The van der Waals surface area contributed by atoms with E-state index in [1.807, 2.05) is 54.6 Å². The first-order chi connectivity index (χ1) is 20.1. The minimum atomic E-state index is 0.669. The van der Waals surface area contributed by atoms with E-state index in [1.165, 1.54) is 16.7 Å². The van der Waals surface area contributed by atoms with E-state index in [9.17, 15) is 0 Å². The van der Waals surface area contributed by atoms with Gasteiger partial charge in [-0.05, 0) is 71.3 Å². The fraction of sp³-hybridized carbons (Fsp3) is 0.158. The molecule has 3 nitrogen and oxygen atoms in total. The Morgan fingerprint density at radius 1 is 0.610 bits per heavy atom. The summed E-state index contributed by atoms with van der Waals surface area (Å²) in [6.07, 6.45) is 1.48. The Hall–Kier alpha value is -4.85. The van der Waals surface area contributed by atoms with Crippen LogP contribution in [0, 0.1) is 13.8 Å². The predicted molar refractivity (Wildman–Crippen MR) is 170 cm³/mol. The highest BCUT2D eigenvalue weighted by molar-refractivity contribution is 6.01. The van der Waals surface area contributed by atoms with Crippen molar-refractivity contribution in [2.24, 2.45) is 4.99 Å². The number of aryl methyl sites for hydroxylation is 2. The van der Waals surface area contributed by atoms with Crippen LogP contribution in [0.3, 0.4) is 0 Å². The van der Waals surface area contributed by atoms with E-state index in [-0.39, 0.29) is 0 Å². The van der Waals surface area contributed by atoms with Crippen molar-refractivity contribution >= 4 is 17.1 Å². The molecular formula is C38H35NO2. The molecule has 5 aromatic rings. The van der Waals surface area contributed by atoms with Gasteiger partial charge in [-0.2, -0.15) is 0 Å². The van der Waals surface area contributed by atoms with Crippen LogP contribution in [0.25, 0.3) is 5.57 Å². The zero-order chi connectivity index (χ0) is 28.6. The average Bonchev–Trinajstić information content (AvgIpc) is 2.99. The molecule has 0 aromatic heterocycles. The second-order valence-corrected chi connectivity index (χ2v) is 10.3. The number of benzene rings is 5. The van der Waals surface area contributed by atoms with E-state index in [4.69, 9.17) is 14.5 Å². The minimum absolute atomic E-state index is 0.669. The summed E-state index contributed by atoms with van der Waals surface area (Å²) >= 11 is 0. The number of ether oxygens (including phenoxy) is 2. The molecule has 0 heterocycles. The molecule has 0 spiro atoms. The molecule has 0 saturated heterocycles. The number of rotatable bonds is 9. The first-order valence-corrected chi connectivity index (χ1v) is 13.9. The summed E-state index contributed by atoms with van der Waals surface area (Å²) in [6.45, 7) is 4.27. The number of aliphatic imine (C=N–C) groups is 1. The highest BCUT2D eigenvalue weighted by Crippen LogP contribution is 2.37. The molecule has 5 rings (SSSR count). The van der Waals surface area contributed by atoms with E-state index in [0.717, 1.165) is 57.0 Å². The third-order valence-corrected chi connectivity index (χ3v) is 7.11. The number of methoxy groups -OCH3 is 2. The standard InChI is InChI=1S/C38H35NO2/c1-27-20-31(24-29-14-8-5-9-15-29)37(40-3)32(21-27)25-33-22-28(2)23-35(38(33)41-4)36(30-16-10-6-11-17-30)26-39-34-18-12-7-13-19-34/h5-23H,24-25H2,1-4H3. The summed E-state index contributed by atoms with van der Waals surface area (Å²) in [5, 5.41) is 0. The first-order valence-electron chi connectivity index (χ1n) is 13.9. The van der Waals surface area contributed by atoms with Gasteiger partial charge in [0.05, 0.1) is 25.5 Å². The maximum Gasteiger partial charge on any atom is 0.130 e. The molecule has 0 unspecified atom stereocenters. The highest BCUT2D eigenvalue weighted by Gasteiger charge is 2.19. The molecule has 5 aromatic carbocycles. The minimum Gasteiger partial charge on any atom is -0.496 e. The Labute approximate surface area is 243 Å². The van der Waals surface area contributed by atoms with E-state index in [1.54, 1.807) is 14.2 Å². The summed E-state index contributed by atoms with van der Waals surface area (Å²) in [4.78, 5) is 4.71. The van der Waals surface area contributed by atoms with Crippen molar-refractivity contribution in [1.29, 1.82) is 0 Å². The van der Waals surface area contributed by atoms with Crippen molar-refractivity contribution < 1.29 is 9.47 Å². The fourth-order valence-electron chi connectivity index (χ4n) is 5.39. The SMILES string of the molecule is COc1c(Cc2ccccc2)cc(C)cc1Cc1cc(C)cc(C(=C=Nc2ccccc2)c2ccccc2)c1OC. The van der Waals surface area contributed by atoms with Gasteiger partial charge in [-0.3, -0.25) is 0 Å². The van der Waals surface area contributed by atoms with E-state index >= 15 is 0 Å². The summed E-state index contributed by atoms with van der Waals surface area (Å²) < 4.78 is 12.2. The van der Waals surface area contributed by atoms with Crippen molar-refractivity contribution in [3.05, 3.63) is 160 Å². The van der Waals surface area contributed by atoms with Crippen LogP contribution in [-0.2, 0) is 12.8 Å². The van der Waals surface area contributed by atoms with Crippen LogP contribution >= 0.6 is 0 Å². The fourth-order valence-corrected chi connectivity index (χ4v) is 5.39. The van der Waals surface area contributed by atoms with Gasteiger partial charge in [0.15, 0.2) is 0 Å².